The van der Waals surface area contributed by atoms with E-state index < -0.39 is 0 Å². The number of ether oxygens (including phenoxy) is 2. The van der Waals surface area contributed by atoms with E-state index in [0.717, 1.165) is 32.2 Å². The van der Waals surface area contributed by atoms with Crippen LogP contribution >= 0.6 is 0 Å². The predicted octanol–water partition coefficient (Wildman–Crippen LogP) is 1.90. The van der Waals surface area contributed by atoms with E-state index >= 15 is 0 Å². The maximum atomic E-state index is 12.8. The standard InChI is InChI=1S/C19H24N4O3/c1-25-19-7-6-15(26-17-5-2-3-9-20-17)13-16(19)23(12-8-19)18(24)14-22-11-4-10-21-22/h2-5,9-11,15-16H,6-8,12-14H2,1H3/t15-,16+,19-/m1/s1. The Morgan fingerprint density at radius 2 is 2.23 bits per heavy atom. The molecule has 7 nitrogen and oxygen atoms in total. The molecular formula is C19H24N4O3. The number of likely N-dealkylation sites (tertiary alicyclic amines) is 1. The Balaban J connectivity index is 1.48. The maximum Gasteiger partial charge on any atom is 0.244 e. The molecule has 0 bridgehead atoms. The Bertz CT molecular complexity index is 737. The van der Waals surface area contributed by atoms with Gasteiger partial charge in [0.1, 0.15) is 12.6 Å². The van der Waals surface area contributed by atoms with E-state index in [-0.39, 0.29) is 30.2 Å². The molecule has 26 heavy (non-hydrogen) atoms. The van der Waals surface area contributed by atoms with Crippen LogP contribution in [0, 0.1) is 0 Å². The van der Waals surface area contributed by atoms with Crippen LogP contribution in [0.3, 0.4) is 0 Å². The van der Waals surface area contributed by atoms with Crippen molar-refractivity contribution in [1.82, 2.24) is 19.7 Å². The average Bonchev–Trinajstić information content (AvgIpc) is 3.30. The first-order valence-corrected chi connectivity index (χ1v) is 9.10. The predicted molar refractivity (Wildman–Crippen MR) is 94.6 cm³/mol. The summed E-state index contributed by atoms with van der Waals surface area (Å²) in [7, 11) is 1.76. The number of rotatable bonds is 5. The summed E-state index contributed by atoms with van der Waals surface area (Å²) >= 11 is 0. The van der Waals surface area contributed by atoms with Crippen molar-refractivity contribution in [2.45, 2.75) is 50.0 Å². The summed E-state index contributed by atoms with van der Waals surface area (Å²) in [6, 6.07) is 7.51. The second-order valence-electron chi connectivity index (χ2n) is 7.01. The summed E-state index contributed by atoms with van der Waals surface area (Å²) < 4.78 is 13.7. The van der Waals surface area contributed by atoms with E-state index in [9.17, 15) is 4.79 Å². The highest BCUT2D eigenvalue weighted by Gasteiger charge is 2.53. The van der Waals surface area contributed by atoms with Crippen LogP contribution in [0.15, 0.2) is 42.9 Å². The van der Waals surface area contributed by atoms with Gasteiger partial charge < -0.3 is 14.4 Å². The quantitative estimate of drug-likeness (QED) is 0.818. The van der Waals surface area contributed by atoms with Crippen LogP contribution in [0.1, 0.15) is 25.7 Å². The third kappa shape index (κ3) is 3.19. The minimum absolute atomic E-state index is 0.0259. The van der Waals surface area contributed by atoms with E-state index in [1.54, 1.807) is 24.2 Å². The van der Waals surface area contributed by atoms with Crippen LogP contribution in [0.25, 0.3) is 0 Å². The van der Waals surface area contributed by atoms with Crippen molar-refractivity contribution in [3.8, 4) is 5.88 Å². The molecule has 1 aliphatic carbocycles. The molecule has 138 valence electrons. The fourth-order valence-corrected chi connectivity index (χ4v) is 4.28. The van der Waals surface area contributed by atoms with Gasteiger partial charge >= 0.3 is 0 Å². The number of pyridine rings is 1. The van der Waals surface area contributed by atoms with Gasteiger partial charge in [-0.15, -0.1) is 0 Å². The molecule has 0 spiro atoms. The van der Waals surface area contributed by atoms with Crippen LogP contribution in [-0.2, 0) is 16.1 Å². The first kappa shape index (κ1) is 17.0. The molecular weight excluding hydrogens is 332 g/mol. The van der Waals surface area contributed by atoms with Crippen LogP contribution in [0.2, 0.25) is 0 Å². The third-order valence-electron chi connectivity index (χ3n) is 5.64. The molecule has 1 saturated heterocycles. The molecule has 3 atom stereocenters. The lowest BCUT2D eigenvalue weighted by molar-refractivity contribution is -0.140. The van der Waals surface area contributed by atoms with E-state index in [1.807, 2.05) is 35.4 Å². The number of hydrogen-bond donors (Lipinski definition) is 0. The molecule has 7 heteroatoms. The minimum atomic E-state index is -0.260. The van der Waals surface area contributed by atoms with Gasteiger partial charge in [0.05, 0.1) is 11.6 Å². The van der Waals surface area contributed by atoms with Crippen molar-refractivity contribution in [2.75, 3.05) is 13.7 Å². The Labute approximate surface area is 152 Å². The molecule has 1 saturated carbocycles. The number of carbonyl (C=O) groups excluding carboxylic acids is 1. The number of aromatic nitrogens is 3. The van der Waals surface area contributed by atoms with Gasteiger partial charge in [0.25, 0.3) is 0 Å². The average molecular weight is 356 g/mol. The second kappa shape index (κ2) is 7.07. The summed E-state index contributed by atoms with van der Waals surface area (Å²) in [4.78, 5) is 19.1. The Morgan fingerprint density at radius 1 is 1.31 bits per heavy atom. The zero-order valence-corrected chi connectivity index (χ0v) is 15.0. The smallest absolute Gasteiger partial charge is 0.244 e. The molecule has 0 unspecified atom stereocenters. The van der Waals surface area contributed by atoms with Gasteiger partial charge in [0, 0.05) is 44.7 Å². The van der Waals surface area contributed by atoms with Gasteiger partial charge in [-0.05, 0) is 31.4 Å². The lowest BCUT2D eigenvalue weighted by Gasteiger charge is -2.43. The van der Waals surface area contributed by atoms with Crippen LogP contribution < -0.4 is 4.74 Å². The van der Waals surface area contributed by atoms with Crippen molar-refractivity contribution < 1.29 is 14.3 Å². The Kier molecular flexibility index (Phi) is 4.63. The normalized spacial score (nSPS) is 28.0. The molecule has 1 aliphatic heterocycles. The SMILES string of the molecule is CO[C@@]12CC[C@@H](Oc3ccccn3)C[C@@H]1N(C(=O)Cn1cccn1)CC2. The molecule has 0 aromatic carbocycles. The number of fused-ring (bicyclic) bond motifs is 1. The Morgan fingerprint density at radius 3 is 2.96 bits per heavy atom. The van der Waals surface area contributed by atoms with E-state index in [2.05, 4.69) is 10.1 Å². The molecule has 2 fully saturated rings. The molecule has 0 N–H and O–H groups in total. The fourth-order valence-electron chi connectivity index (χ4n) is 4.28. The van der Waals surface area contributed by atoms with Crippen LogP contribution in [0.4, 0.5) is 0 Å². The largest absolute Gasteiger partial charge is 0.474 e. The van der Waals surface area contributed by atoms with Gasteiger partial charge in [-0.2, -0.15) is 5.10 Å². The number of nitrogens with zero attached hydrogens (tertiary/aromatic N) is 4. The topological polar surface area (TPSA) is 69.5 Å². The van der Waals surface area contributed by atoms with E-state index in [1.165, 1.54) is 0 Å². The number of carbonyl (C=O) groups is 1. The molecule has 2 aromatic heterocycles. The summed E-state index contributed by atoms with van der Waals surface area (Å²) in [6.45, 7) is 0.976. The summed E-state index contributed by atoms with van der Waals surface area (Å²) in [5.41, 5.74) is -0.260. The molecule has 2 aromatic rings. The van der Waals surface area contributed by atoms with Gasteiger partial charge in [0.15, 0.2) is 0 Å². The van der Waals surface area contributed by atoms with Gasteiger partial charge in [0.2, 0.25) is 11.8 Å². The number of hydrogen-bond acceptors (Lipinski definition) is 5. The molecule has 1 amide bonds. The van der Waals surface area contributed by atoms with Gasteiger partial charge in [-0.1, -0.05) is 6.07 Å². The fraction of sp³-hybridized carbons (Fsp3) is 0.526. The lowest BCUT2D eigenvalue weighted by Crippen LogP contribution is -2.54. The zero-order valence-electron chi connectivity index (χ0n) is 15.0. The lowest BCUT2D eigenvalue weighted by atomic mass is 9.79. The van der Waals surface area contributed by atoms with Crippen molar-refractivity contribution in [1.29, 1.82) is 0 Å². The number of methoxy groups -OCH3 is 1. The van der Waals surface area contributed by atoms with Crippen LogP contribution in [0.5, 0.6) is 5.88 Å². The van der Waals surface area contributed by atoms with Gasteiger partial charge in [-0.3, -0.25) is 9.48 Å². The first-order chi connectivity index (χ1) is 12.7. The first-order valence-electron chi connectivity index (χ1n) is 9.10. The highest BCUT2D eigenvalue weighted by molar-refractivity contribution is 5.77. The maximum absolute atomic E-state index is 12.8. The summed E-state index contributed by atoms with van der Waals surface area (Å²) in [6.07, 6.45) is 8.69. The highest BCUT2D eigenvalue weighted by atomic mass is 16.5. The zero-order chi connectivity index (χ0) is 18.0. The third-order valence-corrected chi connectivity index (χ3v) is 5.64. The van der Waals surface area contributed by atoms with Gasteiger partial charge in [-0.25, -0.2) is 4.98 Å². The monoisotopic (exact) mass is 356 g/mol. The van der Waals surface area contributed by atoms with Crippen LogP contribution in [-0.4, -0.2) is 57.0 Å². The molecule has 4 rings (SSSR count). The molecule has 0 radical (unpaired) electrons. The second-order valence-corrected chi connectivity index (χ2v) is 7.01. The summed E-state index contributed by atoms with van der Waals surface area (Å²) in [5, 5.41) is 4.14. The highest BCUT2D eigenvalue weighted by Crippen LogP contribution is 2.43. The van der Waals surface area contributed by atoms with Crippen molar-refractivity contribution >= 4 is 5.91 Å². The minimum Gasteiger partial charge on any atom is -0.474 e. The summed E-state index contributed by atoms with van der Waals surface area (Å²) in [5.74, 6) is 0.714. The molecule has 2 aliphatic rings. The Hall–Kier alpha value is -2.41. The van der Waals surface area contributed by atoms with Crippen molar-refractivity contribution in [2.24, 2.45) is 0 Å². The van der Waals surface area contributed by atoms with E-state index in [4.69, 9.17) is 9.47 Å². The number of amides is 1. The van der Waals surface area contributed by atoms with Crippen molar-refractivity contribution in [3.63, 3.8) is 0 Å². The molecule has 3 heterocycles. The van der Waals surface area contributed by atoms with E-state index in [0.29, 0.717) is 5.88 Å². The van der Waals surface area contributed by atoms with Crippen molar-refractivity contribution in [3.05, 3.63) is 42.9 Å².